The van der Waals surface area contributed by atoms with Crippen molar-refractivity contribution in [2.45, 2.75) is 24.8 Å². The number of amides is 3. The van der Waals surface area contributed by atoms with Crippen molar-refractivity contribution >= 4 is 23.7 Å². The van der Waals surface area contributed by atoms with Gasteiger partial charge in [0.2, 0.25) is 5.91 Å². The standard InChI is InChI=1S/C19H22N2O3S/c1-2-24-16-8-10-17(11-9-16)25-13-12-18(22)21-19(23)20-14-15-6-4-3-5-7-15/h3-11H,2,12-14H2,1H3,(H2,20,21,22,23). The van der Waals surface area contributed by atoms with Gasteiger partial charge in [-0.15, -0.1) is 11.8 Å². The van der Waals surface area contributed by atoms with Gasteiger partial charge < -0.3 is 10.1 Å². The van der Waals surface area contributed by atoms with Crippen LogP contribution in [0.2, 0.25) is 0 Å². The lowest BCUT2D eigenvalue weighted by Gasteiger charge is -2.07. The molecule has 2 N–H and O–H groups in total. The Morgan fingerprint density at radius 3 is 2.44 bits per heavy atom. The Labute approximate surface area is 152 Å². The average Bonchev–Trinajstić information content (AvgIpc) is 2.62. The minimum absolute atomic E-state index is 0.274. The molecule has 3 amide bonds. The summed E-state index contributed by atoms with van der Waals surface area (Å²) < 4.78 is 5.38. The summed E-state index contributed by atoms with van der Waals surface area (Å²) in [6.07, 6.45) is 0.274. The van der Waals surface area contributed by atoms with E-state index in [4.69, 9.17) is 4.74 Å². The highest BCUT2D eigenvalue weighted by molar-refractivity contribution is 7.99. The Hall–Kier alpha value is -2.47. The molecule has 25 heavy (non-hydrogen) atoms. The van der Waals surface area contributed by atoms with E-state index in [0.717, 1.165) is 16.2 Å². The van der Waals surface area contributed by atoms with Gasteiger partial charge in [0.25, 0.3) is 0 Å². The van der Waals surface area contributed by atoms with Crippen LogP contribution >= 0.6 is 11.8 Å². The lowest BCUT2D eigenvalue weighted by Crippen LogP contribution is -2.39. The second-order valence-electron chi connectivity index (χ2n) is 5.22. The van der Waals surface area contributed by atoms with Crippen LogP contribution in [0.25, 0.3) is 0 Å². The highest BCUT2D eigenvalue weighted by atomic mass is 32.2. The van der Waals surface area contributed by atoms with Crippen LogP contribution < -0.4 is 15.4 Å². The molecule has 132 valence electrons. The van der Waals surface area contributed by atoms with Gasteiger partial charge in [-0.05, 0) is 36.8 Å². The first-order valence-electron chi connectivity index (χ1n) is 8.14. The van der Waals surface area contributed by atoms with Crippen molar-refractivity contribution in [3.8, 4) is 5.75 Å². The number of imide groups is 1. The zero-order valence-corrected chi connectivity index (χ0v) is 15.0. The Balaban J connectivity index is 1.63. The Kier molecular flexibility index (Phi) is 7.85. The van der Waals surface area contributed by atoms with Crippen LogP contribution in [0.1, 0.15) is 18.9 Å². The number of carbonyl (C=O) groups excluding carboxylic acids is 2. The van der Waals surface area contributed by atoms with Crippen molar-refractivity contribution in [1.82, 2.24) is 10.6 Å². The summed E-state index contributed by atoms with van der Waals surface area (Å²) in [6.45, 7) is 2.97. The average molecular weight is 358 g/mol. The van der Waals surface area contributed by atoms with Crippen LogP contribution in [0, 0.1) is 0 Å². The number of urea groups is 1. The lowest BCUT2D eigenvalue weighted by molar-refractivity contribution is -0.119. The fourth-order valence-electron chi connectivity index (χ4n) is 2.07. The molecule has 0 aliphatic rings. The largest absolute Gasteiger partial charge is 0.494 e. The molecule has 0 spiro atoms. The van der Waals surface area contributed by atoms with E-state index in [1.54, 1.807) is 11.8 Å². The molecule has 2 aromatic rings. The van der Waals surface area contributed by atoms with E-state index in [9.17, 15) is 9.59 Å². The predicted octanol–water partition coefficient (Wildman–Crippen LogP) is 3.59. The van der Waals surface area contributed by atoms with E-state index in [-0.39, 0.29) is 12.3 Å². The summed E-state index contributed by atoms with van der Waals surface area (Å²) in [5.41, 5.74) is 0.983. The van der Waals surface area contributed by atoms with Gasteiger partial charge in [0.05, 0.1) is 6.61 Å². The highest BCUT2D eigenvalue weighted by Crippen LogP contribution is 2.21. The SMILES string of the molecule is CCOc1ccc(SCCC(=O)NC(=O)NCc2ccccc2)cc1. The first kappa shape index (κ1) is 18.9. The third-order valence-electron chi connectivity index (χ3n) is 3.28. The van der Waals surface area contributed by atoms with Gasteiger partial charge in [-0.2, -0.15) is 0 Å². The zero-order valence-electron chi connectivity index (χ0n) is 14.2. The second kappa shape index (κ2) is 10.4. The topological polar surface area (TPSA) is 67.4 Å². The number of ether oxygens (including phenoxy) is 1. The number of carbonyl (C=O) groups is 2. The summed E-state index contributed by atoms with van der Waals surface area (Å²) >= 11 is 1.56. The molecule has 0 heterocycles. The van der Waals surface area contributed by atoms with Crippen molar-refractivity contribution in [3.63, 3.8) is 0 Å². The zero-order chi connectivity index (χ0) is 17.9. The minimum atomic E-state index is -0.472. The predicted molar refractivity (Wildman–Crippen MR) is 99.8 cm³/mol. The molecule has 0 fully saturated rings. The van der Waals surface area contributed by atoms with Gasteiger partial charge in [0, 0.05) is 23.6 Å². The van der Waals surface area contributed by atoms with E-state index in [2.05, 4.69) is 10.6 Å². The van der Waals surface area contributed by atoms with Crippen LogP contribution in [0.5, 0.6) is 5.75 Å². The Morgan fingerprint density at radius 1 is 1.04 bits per heavy atom. The third-order valence-corrected chi connectivity index (χ3v) is 4.30. The van der Waals surface area contributed by atoms with Gasteiger partial charge >= 0.3 is 6.03 Å². The van der Waals surface area contributed by atoms with Crippen molar-refractivity contribution in [1.29, 1.82) is 0 Å². The molecule has 0 aliphatic carbocycles. The molecule has 0 bridgehead atoms. The molecular formula is C19H22N2O3S. The van der Waals surface area contributed by atoms with E-state index in [1.807, 2.05) is 61.5 Å². The first-order chi connectivity index (χ1) is 12.2. The summed E-state index contributed by atoms with van der Waals surface area (Å²) in [4.78, 5) is 24.5. The maximum Gasteiger partial charge on any atom is 0.321 e. The molecule has 0 aromatic heterocycles. The fourth-order valence-corrected chi connectivity index (χ4v) is 2.92. The number of thioether (sulfide) groups is 1. The monoisotopic (exact) mass is 358 g/mol. The number of rotatable bonds is 8. The molecule has 0 unspecified atom stereocenters. The van der Waals surface area contributed by atoms with Crippen molar-refractivity contribution in [3.05, 3.63) is 60.2 Å². The van der Waals surface area contributed by atoms with Gasteiger partial charge in [0.15, 0.2) is 0 Å². The first-order valence-corrected chi connectivity index (χ1v) is 9.13. The summed E-state index contributed by atoms with van der Waals surface area (Å²) in [7, 11) is 0. The quantitative estimate of drug-likeness (QED) is 0.708. The molecule has 2 aromatic carbocycles. The van der Waals surface area contributed by atoms with Crippen LogP contribution in [0.3, 0.4) is 0 Å². The van der Waals surface area contributed by atoms with Crippen molar-refractivity contribution in [2.24, 2.45) is 0 Å². The van der Waals surface area contributed by atoms with Crippen molar-refractivity contribution < 1.29 is 14.3 Å². The molecule has 0 aliphatic heterocycles. The van der Waals surface area contributed by atoms with Crippen molar-refractivity contribution in [2.75, 3.05) is 12.4 Å². The Morgan fingerprint density at radius 2 is 1.76 bits per heavy atom. The molecule has 2 rings (SSSR count). The van der Waals surface area contributed by atoms with Crippen LogP contribution in [0.4, 0.5) is 4.79 Å². The summed E-state index contributed by atoms with van der Waals surface area (Å²) in [5.74, 6) is 1.15. The smallest absolute Gasteiger partial charge is 0.321 e. The van der Waals surface area contributed by atoms with Gasteiger partial charge in [0.1, 0.15) is 5.75 Å². The van der Waals surface area contributed by atoms with Crippen LogP contribution in [-0.4, -0.2) is 24.3 Å². The summed E-state index contributed by atoms with van der Waals surface area (Å²) in [6, 6.07) is 16.8. The number of hydrogen-bond acceptors (Lipinski definition) is 4. The molecule has 0 saturated heterocycles. The molecule has 5 nitrogen and oxygen atoms in total. The minimum Gasteiger partial charge on any atom is -0.494 e. The van der Waals surface area contributed by atoms with E-state index in [1.165, 1.54) is 0 Å². The van der Waals surface area contributed by atoms with Gasteiger partial charge in [-0.1, -0.05) is 30.3 Å². The molecular weight excluding hydrogens is 336 g/mol. The number of hydrogen-bond donors (Lipinski definition) is 2. The molecule has 6 heteroatoms. The molecule has 0 radical (unpaired) electrons. The molecule has 0 atom stereocenters. The maximum absolute atomic E-state index is 11.8. The fraction of sp³-hybridized carbons (Fsp3) is 0.263. The second-order valence-corrected chi connectivity index (χ2v) is 6.39. The number of nitrogens with one attached hydrogen (secondary N) is 2. The van der Waals surface area contributed by atoms with Crippen LogP contribution in [0.15, 0.2) is 59.5 Å². The maximum atomic E-state index is 11.8. The van der Waals surface area contributed by atoms with Gasteiger partial charge in [-0.3, -0.25) is 10.1 Å². The summed E-state index contributed by atoms with van der Waals surface area (Å²) in [5, 5.41) is 5.00. The third kappa shape index (κ3) is 7.30. The molecule has 0 saturated carbocycles. The lowest BCUT2D eigenvalue weighted by atomic mass is 10.2. The highest BCUT2D eigenvalue weighted by Gasteiger charge is 2.07. The normalized spacial score (nSPS) is 10.1. The van der Waals surface area contributed by atoms with E-state index < -0.39 is 6.03 Å². The Bertz CT molecular complexity index is 675. The van der Waals surface area contributed by atoms with Crippen LogP contribution in [-0.2, 0) is 11.3 Å². The van der Waals surface area contributed by atoms with E-state index in [0.29, 0.717) is 18.9 Å². The van der Waals surface area contributed by atoms with Gasteiger partial charge in [-0.25, -0.2) is 4.79 Å². The number of benzene rings is 2. The van der Waals surface area contributed by atoms with E-state index >= 15 is 0 Å².